The number of hydrogen-bond acceptors (Lipinski definition) is 5. The Kier molecular flexibility index (Phi) is 6.40. The Morgan fingerprint density at radius 2 is 1.92 bits per heavy atom. The topological polar surface area (TPSA) is 42.0 Å². The summed E-state index contributed by atoms with van der Waals surface area (Å²) in [5, 5.41) is 0. The van der Waals surface area contributed by atoms with Crippen LogP contribution in [0.5, 0.6) is 11.5 Å². The highest BCUT2D eigenvalue weighted by Gasteiger charge is 2.23. The first-order chi connectivity index (χ1) is 12.6. The summed E-state index contributed by atoms with van der Waals surface area (Å²) in [4.78, 5) is 18.3. The van der Waals surface area contributed by atoms with Gasteiger partial charge in [-0.25, -0.2) is 0 Å². The van der Waals surface area contributed by atoms with Crippen molar-refractivity contribution in [1.82, 2.24) is 9.80 Å². The van der Waals surface area contributed by atoms with E-state index in [2.05, 4.69) is 11.0 Å². The monoisotopic (exact) mass is 394 g/mol. The fourth-order valence-electron chi connectivity index (χ4n) is 3.03. The Morgan fingerprint density at radius 3 is 2.54 bits per heavy atom. The van der Waals surface area contributed by atoms with Gasteiger partial charge in [0.1, 0.15) is 0 Å². The zero-order valence-electron chi connectivity index (χ0n) is 15.0. The molecule has 0 radical (unpaired) electrons. The van der Waals surface area contributed by atoms with Gasteiger partial charge in [-0.1, -0.05) is 11.6 Å². The standard InChI is InChI=1S/C19H23ClN2O3S/c1-3-25-17-12-14(4-6-16(17)24-2)19(23)22-10-8-21(9-11-22)13-15-5-7-18(20)26-15/h4-7,12H,3,8-11,13H2,1-2H3. The molecule has 2 aromatic rings. The molecule has 5 nitrogen and oxygen atoms in total. The Hall–Kier alpha value is -1.76. The quantitative estimate of drug-likeness (QED) is 0.748. The highest BCUT2D eigenvalue weighted by Crippen LogP contribution is 2.29. The minimum absolute atomic E-state index is 0.0347. The lowest BCUT2D eigenvalue weighted by molar-refractivity contribution is 0.0629. The van der Waals surface area contributed by atoms with Gasteiger partial charge in [-0.2, -0.15) is 0 Å². The van der Waals surface area contributed by atoms with Gasteiger partial charge in [-0.3, -0.25) is 9.69 Å². The van der Waals surface area contributed by atoms with Crippen molar-refractivity contribution in [3.05, 3.63) is 45.1 Å². The molecule has 1 aromatic carbocycles. The number of halogens is 1. The average molecular weight is 395 g/mol. The van der Waals surface area contributed by atoms with Crippen molar-refractivity contribution in [3.8, 4) is 11.5 Å². The third-order valence-corrected chi connectivity index (χ3v) is 5.59. The zero-order valence-corrected chi connectivity index (χ0v) is 16.6. The summed E-state index contributed by atoms with van der Waals surface area (Å²) in [6.07, 6.45) is 0. The van der Waals surface area contributed by atoms with Crippen molar-refractivity contribution in [2.45, 2.75) is 13.5 Å². The second-order valence-electron chi connectivity index (χ2n) is 6.07. The maximum atomic E-state index is 12.8. The van der Waals surface area contributed by atoms with E-state index in [0.29, 0.717) is 36.8 Å². The van der Waals surface area contributed by atoms with E-state index in [4.69, 9.17) is 21.1 Å². The number of nitrogens with zero attached hydrogens (tertiary/aromatic N) is 2. The fraction of sp³-hybridized carbons (Fsp3) is 0.421. The molecule has 0 unspecified atom stereocenters. The predicted octanol–water partition coefficient (Wildman–Crippen LogP) is 3.77. The summed E-state index contributed by atoms with van der Waals surface area (Å²) in [5.74, 6) is 1.28. The lowest BCUT2D eigenvalue weighted by Gasteiger charge is -2.34. The number of methoxy groups -OCH3 is 1. The van der Waals surface area contributed by atoms with Crippen LogP contribution in [0.3, 0.4) is 0 Å². The van der Waals surface area contributed by atoms with E-state index in [1.807, 2.05) is 17.9 Å². The van der Waals surface area contributed by atoms with Crippen LogP contribution in [-0.4, -0.2) is 55.6 Å². The molecular weight excluding hydrogens is 372 g/mol. The largest absolute Gasteiger partial charge is 0.493 e. The van der Waals surface area contributed by atoms with Gasteiger partial charge in [0.2, 0.25) is 0 Å². The number of carbonyl (C=O) groups is 1. The number of piperazine rings is 1. The van der Waals surface area contributed by atoms with Crippen molar-refractivity contribution in [3.63, 3.8) is 0 Å². The van der Waals surface area contributed by atoms with Crippen molar-refractivity contribution >= 4 is 28.8 Å². The van der Waals surface area contributed by atoms with Gasteiger partial charge < -0.3 is 14.4 Å². The molecule has 0 bridgehead atoms. The molecule has 0 atom stereocenters. The number of amides is 1. The van der Waals surface area contributed by atoms with Crippen molar-refractivity contribution < 1.29 is 14.3 Å². The molecule has 0 N–H and O–H groups in total. The van der Waals surface area contributed by atoms with Crippen molar-refractivity contribution in [2.75, 3.05) is 39.9 Å². The molecule has 1 aliphatic rings. The fourth-order valence-corrected chi connectivity index (χ4v) is 4.16. The van der Waals surface area contributed by atoms with Gasteiger partial charge in [0, 0.05) is 43.2 Å². The van der Waals surface area contributed by atoms with E-state index in [0.717, 1.165) is 24.0 Å². The number of rotatable bonds is 6. The van der Waals surface area contributed by atoms with Gasteiger partial charge in [0.15, 0.2) is 11.5 Å². The minimum Gasteiger partial charge on any atom is -0.493 e. The van der Waals surface area contributed by atoms with E-state index in [9.17, 15) is 4.79 Å². The van der Waals surface area contributed by atoms with E-state index >= 15 is 0 Å². The van der Waals surface area contributed by atoms with Crippen LogP contribution in [0, 0.1) is 0 Å². The number of ether oxygens (including phenoxy) is 2. The molecule has 1 saturated heterocycles. The lowest BCUT2D eigenvalue weighted by Crippen LogP contribution is -2.48. The molecule has 2 heterocycles. The van der Waals surface area contributed by atoms with E-state index in [-0.39, 0.29) is 5.91 Å². The van der Waals surface area contributed by atoms with E-state index in [1.165, 1.54) is 4.88 Å². The molecule has 3 rings (SSSR count). The molecule has 0 aliphatic carbocycles. The second-order valence-corrected chi connectivity index (χ2v) is 7.87. The summed E-state index contributed by atoms with van der Waals surface area (Å²) in [5.41, 5.74) is 0.632. The summed E-state index contributed by atoms with van der Waals surface area (Å²) < 4.78 is 11.7. The maximum Gasteiger partial charge on any atom is 0.254 e. The molecule has 140 valence electrons. The van der Waals surface area contributed by atoms with E-state index < -0.39 is 0 Å². The van der Waals surface area contributed by atoms with Gasteiger partial charge >= 0.3 is 0 Å². The molecule has 7 heteroatoms. The lowest BCUT2D eigenvalue weighted by atomic mass is 10.1. The zero-order chi connectivity index (χ0) is 18.5. The molecule has 0 spiro atoms. The molecular formula is C19H23ClN2O3S. The van der Waals surface area contributed by atoms with E-state index in [1.54, 1.807) is 36.6 Å². The number of benzene rings is 1. The van der Waals surface area contributed by atoms with Crippen molar-refractivity contribution in [1.29, 1.82) is 0 Å². The van der Waals surface area contributed by atoms with Crippen LogP contribution in [0.25, 0.3) is 0 Å². The normalized spacial score (nSPS) is 15.1. The first kappa shape index (κ1) is 19.0. The minimum atomic E-state index is 0.0347. The first-order valence-corrected chi connectivity index (χ1v) is 9.87. The third-order valence-electron chi connectivity index (χ3n) is 4.38. The molecule has 1 aliphatic heterocycles. The summed E-state index contributed by atoms with van der Waals surface area (Å²) in [6.45, 7) is 6.47. The summed E-state index contributed by atoms with van der Waals surface area (Å²) >= 11 is 7.61. The van der Waals surface area contributed by atoms with Crippen LogP contribution in [-0.2, 0) is 6.54 Å². The molecule has 1 amide bonds. The number of thiophene rings is 1. The molecule has 26 heavy (non-hydrogen) atoms. The smallest absolute Gasteiger partial charge is 0.254 e. The summed E-state index contributed by atoms with van der Waals surface area (Å²) in [6, 6.07) is 9.35. The van der Waals surface area contributed by atoms with Crippen LogP contribution in [0.15, 0.2) is 30.3 Å². The van der Waals surface area contributed by atoms with Gasteiger partial charge in [0.05, 0.1) is 18.1 Å². The Balaban J connectivity index is 1.60. The SMILES string of the molecule is CCOc1cc(C(=O)N2CCN(Cc3ccc(Cl)s3)CC2)ccc1OC. The number of carbonyl (C=O) groups excluding carboxylic acids is 1. The molecule has 1 aromatic heterocycles. The average Bonchev–Trinajstić information content (AvgIpc) is 3.07. The number of hydrogen-bond donors (Lipinski definition) is 0. The van der Waals surface area contributed by atoms with Crippen LogP contribution in [0.4, 0.5) is 0 Å². The van der Waals surface area contributed by atoms with Crippen LogP contribution in [0.1, 0.15) is 22.2 Å². The van der Waals surface area contributed by atoms with Gasteiger partial charge in [0.25, 0.3) is 5.91 Å². The second kappa shape index (κ2) is 8.75. The van der Waals surface area contributed by atoms with Crippen LogP contribution < -0.4 is 9.47 Å². The molecule has 1 fully saturated rings. The Labute approximate surface area is 163 Å². The highest BCUT2D eigenvalue weighted by molar-refractivity contribution is 7.16. The van der Waals surface area contributed by atoms with Crippen LogP contribution >= 0.6 is 22.9 Å². The Morgan fingerprint density at radius 1 is 1.15 bits per heavy atom. The highest BCUT2D eigenvalue weighted by atomic mass is 35.5. The molecule has 0 saturated carbocycles. The van der Waals surface area contributed by atoms with Crippen LogP contribution in [0.2, 0.25) is 4.34 Å². The first-order valence-electron chi connectivity index (χ1n) is 8.67. The summed E-state index contributed by atoms with van der Waals surface area (Å²) in [7, 11) is 1.60. The third kappa shape index (κ3) is 4.50. The van der Waals surface area contributed by atoms with Gasteiger partial charge in [-0.05, 0) is 37.3 Å². The van der Waals surface area contributed by atoms with Gasteiger partial charge in [-0.15, -0.1) is 11.3 Å². The Bertz CT molecular complexity index is 757. The maximum absolute atomic E-state index is 12.8. The van der Waals surface area contributed by atoms with Crippen molar-refractivity contribution in [2.24, 2.45) is 0 Å². The predicted molar refractivity (Wildman–Crippen MR) is 105 cm³/mol.